The van der Waals surface area contributed by atoms with Gasteiger partial charge in [-0.2, -0.15) is 13.2 Å². The second-order valence-corrected chi connectivity index (χ2v) is 4.09. The highest BCUT2D eigenvalue weighted by atomic mass is 35.5. The van der Waals surface area contributed by atoms with E-state index in [1.165, 1.54) is 17.0 Å². The van der Waals surface area contributed by atoms with Gasteiger partial charge in [0.1, 0.15) is 0 Å². The Kier molecular flexibility index (Phi) is 4.65. The maximum Gasteiger partial charge on any atom is 0.418 e. The van der Waals surface area contributed by atoms with Crippen LogP contribution in [-0.4, -0.2) is 25.3 Å². The maximum absolute atomic E-state index is 12.8. The molecule has 0 bridgehead atoms. The largest absolute Gasteiger partial charge is 0.418 e. The third kappa shape index (κ3) is 3.78. The van der Waals surface area contributed by atoms with Gasteiger partial charge in [-0.1, -0.05) is 11.6 Å². The quantitative estimate of drug-likeness (QED) is 0.906. The Morgan fingerprint density at radius 2 is 2.00 bits per heavy atom. The van der Waals surface area contributed by atoms with Crippen molar-refractivity contribution < 1.29 is 18.3 Å². The minimum Gasteiger partial charge on any atom is -0.396 e. The first-order chi connectivity index (χ1) is 7.86. The molecule has 0 aliphatic carbocycles. The number of nitrogens with zero attached hydrogens (tertiary/aromatic N) is 1. The summed E-state index contributed by atoms with van der Waals surface area (Å²) in [6, 6.07) is 3.66. The molecule has 1 aromatic carbocycles. The minimum absolute atomic E-state index is 0.0524. The van der Waals surface area contributed by atoms with E-state index in [1.807, 2.05) is 0 Å². The molecule has 0 unspecified atom stereocenters. The van der Waals surface area contributed by atoms with E-state index in [9.17, 15) is 13.2 Å². The summed E-state index contributed by atoms with van der Waals surface area (Å²) in [5, 5.41) is 8.72. The van der Waals surface area contributed by atoms with Crippen molar-refractivity contribution in [1.29, 1.82) is 0 Å². The second-order valence-electron chi connectivity index (χ2n) is 3.66. The summed E-state index contributed by atoms with van der Waals surface area (Å²) in [7, 11) is 1.55. The fourth-order valence-corrected chi connectivity index (χ4v) is 1.67. The van der Waals surface area contributed by atoms with Gasteiger partial charge in [0, 0.05) is 30.9 Å². The van der Waals surface area contributed by atoms with Gasteiger partial charge in [-0.15, -0.1) is 0 Å². The van der Waals surface area contributed by atoms with Crippen molar-refractivity contribution in [3.05, 3.63) is 28.8 Å². The van der Waals surface area contributed by atoms with E-state index in [0.717, 1.165) is 6.07 Å². The van der Waals surface area contributed by atoms with E-state index in [-0.39, 0.29) is 17.3 Å². The Morgan fingerprint density at radius 3 is 2.53 bits per heavy atom. The highest BCUT2D eigenvalue weighted by molar-refractivity contribution is 6.30. The normalized spacial score (nSPS) is 11.6. The van der Waals surface area contributed by atoms with Gasteiger partial charge in [0.05, 0.1) is 5.56 Å². The summed E-state index contributed by atoms with van der Waals surface area (Å²) >= 11 is 5.57. The third-order valence-corrected chi connectivity index (χ3v) is 2.56. The van der Waals surface area contributed by atoms with Crippen molar-refractivity contribution in [3.63, 3.8) is 0 Å². The van der Waals surface area contributed by atoms with Gasteiger partial charge in [0.25, 0.3) is 0 Å². The van der Waals surface area contributed by atoms with Gasteiger partial charge < -0.3 is 10.0 Å². The maximum atomic E-state index is 12.8. The fourth-order valence-electron chi connectivity index (χ4n) is 1.50. The summed E-state index contributed by atoms with van der Waals surface area (Å²) in [5.74, 6) is 0. The lowest BCUT2D eigenvalue weighted by Crippen LogP contribution is -2.23. The van der Waals surface area contributed by atoms with E-state index in [1.54, 1.807) is 7.05 Å². The number of aliphatic hydroxyl groups is 1. The molecule has 0 heterocycles. The molecule has 96 valence electrons. The first kappa shape index (κ1) is 14.1. The molecule has 0 aliphatic heterocycles. The predicted octanol–water partition coefficient (Wildman–Crippen LogP) is 3.18. The molecule has 0 radical (unpaired) electrons. The number of aliphatic hydroxyl groups excluding tert-OH is 1. The average Bonchev–Trinajstić information content (AvgIpc) is 2.24. The first-order valence-corrected chi connectivity index (χ1v) is 5.43. The van der Waals surface area contributed by atoms with Crippen LogP contribution in [-0.2, 0) is 6.18 Å². The molecule has 0 spiro atoms. The van der Waals surface area contributed by atoms with Crippen molar-refractivity contribution in [1.82, 2.24) is 0 Å². The molecule has 17 heavy (non-hydrogen) atoms. The summed E-state index contributed by atoms with van der Waals surface area (Å²) in [4.78, 5) is 1.45. The van der Waals surface area contributed by atoms with Gasteiger partial charge in [0.2, 0.25) is 0 Å². The molecule has 0 saturated heterocycles. The number of hydrogen-bond acceptors (Lipinski definition) is 2. The molecule has 1 N–H and O–H groups in total. The summed E-state index contributed by atoms with van der Waals surface area (Å²) in [6.07, 6.45) is -4.02. The number of alkyl halides is 3. The van der Waals surface area contributed by atoms with Gasteiger partial charge in [0.15, 0.2) is 0 Å². The lowest BCUT2D eigenvalue weighted by Gasteiger charge is -2.23. The highest BCUT2D eigenvalue weighted by Gasteiger charge is 2.34. The van der Waals surface area contributed by atoms with Crippen LogP contribution >= 0.6 is 11.6 Å². The van der Waals surface area contributed by atoms with Crippen LogP contribution in [0.4, 0.5) is 18.9 Å². The lowest BCUT2D eigenvalue weighted by atomic mass is 10.1. The van der Waals surface area contributed by atoms with Gasteiger partial charge >= 0.3 is 6.18 Å². The SMILES string of the molecule is CN(CCCO)c1ccc(Cl)cc1C(F)(F)F. The Morgan fingerprint density at radius 1 is 1.35 bits per heavy atom. The molecule has 0 saturated carbocycles. The molecule has 0 fully saturated rings. The van der Waals surface area contributed by atoms with Crippen molar-refractivity contribution in [2.75, 3.05) is 25.1 Å². The van der Waals surface area contributed by atoms with Crippen LogP contribution < -0.4 is 4.90 Å². The highest BCUT2D eigenvalue weighted by Crippen LogP contribution is 2.37. The van der Waals surface area contributed by atoms with E-state index < -0.39 is 11.7 Å². The Labute approximate surface area is 103 Å². The van der Waals surface area contributed by atoms with Crippen molar-refractivity contribution in [2.24, 2.45) is 0 Å². The Balaban J connectivity index is 3.06. The van der Waals surface area contributed by atoms with Crippen LogP contribution in [0.3, 0.4) is 0 Å². The fraction of sp³-hybridized carbons (Fsp3) is 0.455. The summed E-state index contributed by atoms with van der Waals surface area (Å²) < 4.78 is 38.3. The van der Waals surface area contributed by atoms with Gasteiger partial charge in [-0.25, -0.2) is 0 Å². The van der Waals surface area contributed by atoms with Crippen molar-refractivity contribution in [2.45, 2.75) is 12.6 Å². The van der Waals surface area contributed by atoms with Crippen LogP contribution in [0.2, 0.25) is 5.02 Å². The zero-order chi connectivity index (χ0) is 13.1. The van der Waals surface area contributed by atoms with Crippen LogP contribution in [0.5, 0.6) is 0 Å². The summed E-state index contributed by atoms with van der Waals surface area (Å²) in [6.45, 7) is 0.292. The van der Waals surface area contributed by atoms with E-state index in [4.69, 9.17) is 16.7 Å². The molecule has 2 nitrogen and oxygen atoms in total. The Hall–Kier alpha value is -0.940. The minimum atomic E-state index is -4.44. The smallest absolute Gasteiger partial charge is 0.396 e. The zero-order valence-electron chi connectivity index (χ0n) is 9.26. The molecular weight excluding hydrogens is 255 g/mol. The molecule has 6 heteroatoms. The van der Waals surface area contributed by atoms with Gasteiger partial charge in [-0.3, -0.25) is 0 Å². The number of anilines is 1. The van der Waals surface area contributed by atoms with Crippen LogP contribution in [0.1, 0.15) is 12.0 Å². The lowest BCUT2D eigenvalue weighted by molar-refractivity contribution is -0.137. The molecule has 0 atom stereocenters. The first-order valence-electron chi connectivity index (χ1n) is 5.05. The average molecular weight is 268 g/mol. The van der Waals surface area contributed by atoms with Gasteiger partial charge in [-0.05, 0) is 24.6 Å². The molecule has 0 amide bonds. The number of halogens is 4. The number of hydrogen-bond donors (Lipinski definition) is 1. The van der Waals surface area contributed by atoms with Crippen LogP contribution in [0.25, 0.3) is 0 Å². The number of rotatable bonds is 4. The third-order valence-electron chi connectivity index (χ3n) is 2.33. The van der Waals surface area contributed by atoms with Crippen LogP contribution in [0, 0.1) is 0 Å². The molecule has 1 rings (SSSR count). The second kappa shape index (κ2) is 5.60. The monoisotopic (exact) mass is 267 g/mol. The standard InChI is InChI=1S/C11H13ClF3NO/c1-16(5-2-6-17)10-4-3-8(12)7-9(10)11(13,14)15/h3-4,7,17H,2,5-6H2,1H3. The molecule has 1 aromatic rings. The van der Waals surface area contributed by atoms with E-state index in [0.29, 0.717) is 13.0 Å². The van der Waals surface area contributed by atoms with Crippen molar-refractivity contribution in [3.8, 4) is 0 Å². The molecule has 0 aromatic heterocycles. The topological polar surface area (TPSA) is 23.5 Å². The molecule has 0 aliphatic rings. The molecular formula is C11H13ClF3NO. The van der Waals surface area contributed by atoms with E-state index in [2.05, 4.69) is 0 Å². The van der Waals surface area contributed by atoms with Crippen molar-refractivity contribution >= 4 is 17.3 Å². The Bertz CT molecular complexity index is 381. The number of benzene rings is 1. The van der Waals surface area contributed by atoms with Crippen LogP contribution in [0.15, 0.2) is 18.2 Å². The van der Waals surface area contributed by atoms with E-state index >= 15 is 0 Å². The summed E-state index contributed by atoms with van der Waals surface area (Å²) in [5.41, 5.74) is -0.694. The predicted molar refractivity (Wildman–Crippen MR) is 61.4 cm³/mol. The zero-order valence-corrected chi connectivity index (χ0v) is 10.0.